The molecule has 1 aromatic carbocycles. The molecule has 0 aliphatic carbocycles. The number of carbonyl (C=O) groups is 1. The Bertz CT molecular complexity index is 1180. The van der Waals surface area contributed by atoms with E-state index in [4.69, 9.17) is 11.6 Å². The maximum absolute atomic E-state index is 12.1. The van der Waals surface area contributed by atoms with Crippen molar-refractivity contribution in [2.75, 3.05) is 6.54 Å². The van der Waals surface area contributed by atoms with Crippen molar-refractivity contribution in [2.24, 2.45) is 0 Å². The molecule has 1 amide bonds. The first-order chi connectivity index (χ1) is 15.2. The molecule has 0 saturated carbocycles. The zero-order chi connectivity index (χ0) is 21.6. The molecule has 3 heterocycles. The van der Waals surface area contributed by atoms with Gasteiger partial charge >= 0.3 is 0 Å². The Morgan fingerprint density at radius 1 is 1.19 bits per heavy atom. The first kappa shape index (κ1) is 21.5. The molecule has 10 heteroatoms. The van der Waals surface area contributed by atoms with Crippen LogP contribution in [0.3, 0.4) is 0 Å². The predicted molar refractivity (Wildman–Crippen MR) is 124 cm³/mol. The first-order valence-corrected chi connectivity index (χ1v) is 11.9. The number of halogens is 1. The Hall–Kier alpha value is -2.75. The normalized spacial score (nSPS) is 10.9. The van der Waals surface area contributed by atoms with Crippen LogP contribution in [-0.2, 0) is 5.75 Å². The third-order valence-corrected chi connectivity index (χ3v) is 6.60. The van der Waals surface area contributed by atoms with Crippen molar-refractivity contribution in [2.45, 2.75) is 24.3 Å². The minimum atomic E-state index is -0.145. The summed E-state index contributed by atoms with van der Waals surface area (Å²) in [5, 5.41) is 15.6. The summed E-state index contributed by atoms with van der Waals surface area (Å²) in [5.74, 6) is 1.09. The van der Waals surface area contributed by atoms with Gasteiger partial charge in [-0.15, -0.1) is 21.5 Å². The van der Waals surface area contributed by atoms with Gasteiger partial charge in [0.25, 0.3) is 5.91 Å². The van der Waals surface area contributed by atoms with Crippen LogP contribution in [0.2, 0.25) is 5.02 Å². The van der Waals surface area contributed by atoms with Crippen LogP contribution in [0, 0.1) is 0 Å². The van der Waals surface area contributed by atoms with Gasteiger partial charge in [0.2, 0.25) is 0 Å². The SMILES string of the molecule is CCCNC(=O)c1csc(CSc2nnc(-c3ccncc3)n2-c2ccccc2Cl)n1. The number of hydrogen-bond donors (Lipinski definition) is 1. The third-order valence-electron chi connectivity index (χ3n) is 4.31. The van der Waals surface area contributed by atoms with E-state index in [2.05, 4.69) is 25.5 Å². The first-order valence-electron chi connectivity index (χ1n) is 9.63. The quantitative estimate of drug-likeness (QED) is 0.370. The summed E-state index contributed by atoms with van der Waals surface area (Å²) in [4.78, 5) is 20.6. The van der Waals surface area contributed by atoms with E-state index < -0.39 is 0 Å². The lowest BCUT2D eigenvalue weighted by Crippen LogP contribution is -2.24. The van der Waals surface area contributed by atoms with E-state index in [1.807, 2.05) is 47.9 Å². The minimum absolute atomic E-state index is 0.145. The number of nitrogens with one attached hydrogen (secondary N) is 1. The summed E-state index contributed by atoms with van der Waals surface area (Å²) in [6.45, 7) is 2.65. The van der Waals surface area contributed by atoms with E-state index in [1.165, 1.54) is 23.1 Å². The molecule has 1 N–H and O–H groups in total. The van der Waals surface area contributed by atoms with Gasteiger partial charge in [-0.1, -0.05) is 42.4 Å². The average molecular weight is 471 g/mol. The largest absolute Gasteiger partial charge is 0.351 e. The number of carbonyl (C=O) groups excluding carboxylic acids is 1. The van der Waals surface area contributed by atoms with E-state index in [-0.39, 0.29) is 5.91 Å². The summed E-state index contributed by atoms with van der Waals surface area (Å²) < 4.78 is 1.94. The molecule has 0 saturated heterocycles. The number of benzene rings is 1. The highest BCUT2D eigenvalue weighted by Crippen LogP contribution is 2.32. The van der Waals surface area contributed by atoms with E-state index >= 15 is 0 Å². The van der Waals surface area contributed by atoms with E-state index in [9.17, 15) is 4.79 Å². The molecule has 4 rings (SSSR count). The smallest absolute Gasteiger partial charge is 0.270 e. The Morgan fingerprint density at radius 2 is 2.00 bits per heavy atom. The van der Waals surface area contributed by atoms with Crippen LogP contribution in [0.4, 0.5) is 0 Å². The fourth-order valence-electron chi connectivity index (χ4n) is 2.84. The molecule has 0 aliphatic rings. The lowest BCUT2D eigenvalue weighted by Gasteiger charge is -2.11. The number of aromatic nitrogens is 5. The zero-order valence-corrected chi connectivity index (χ0v) is 19.0. The second-order valence-electron chi connectivity index (χ2n) is 6.50. The Morgan fingerprint density at radius 3 is 2.77 bits per heavy atom. The van der Waals surface area contributed by atoms with Gasteiger partial charge in [0.05, 0.1) is 16.5 Å². The molecule has 0 bridgehead atoms. The highest BCUT2D eigenvalue weighted by Gasteiger charge is 2.19. The second-order valence-corrected chi connectivity index (χ2v) is 8.79. The van der Waals surface area contributed by atoms with Crippen LogP contribution >= 0.6 is 34.7 Å². The van der Waals surface area contributed by atoms with Crippen molar-refractivity contribution in [3.63, 3.8) is 0 Å². The van der Waals surface area contributed by atoms with Crippen molar-refractivity contribution in [3.8, 4) is 17.1 Å². The molecule has 0 atom stereocenters. The van der Waals surface area contributed by atoms with Crippen LogP contribution in [0.5, 0.6) is 0 Å². The molecule has 31 heavy (non-hydrogen) atoms. The number of para-hydroxylation sites is 1. The standard InChI is InChI=1S/C21H19ClN6OS2/c1-2-9-24-20(29)16-12-30-18(25-16)13-31-21-27-26-19(14-7-10-23-11-8-14)28(21)17-6-4-3-5-15(17)22/h3-8,10-12H,2,9,13H2,1H3,(H,24,29). The van der Waals surface area contributed by atoms with E-state index in [1.54, 1.807) is 17.8 Å². The number of amides is 1. The summed E-state index contributed by atoms with van der Waals surface area (Å²) in [6, 6.07) is 11.3. The molecule has 0 unspecified atom stereocenters. The van der Waals surface area contributed by atoms with Gasteiger partial charge in [-0.3, -0.25) is 14.3 Å². The zero-order valence-electron chi connectivity index (χ0n) is 16.7. The highest BCUT2D eigenvalue weighted by atomic mass is 35.5. The van der Waals surface area contributed by atoms with Crippen LogP contribution in [-0.4, -0.2) is 37.2 Å². The molecule has 3 aromatic heterocycles. The van der Waals surface area contributed by atoms with Crippen molar-refractivity contribution >= 4 is 40.6 Å². The van der Waals surface area contributed by atoms with Crippen LogP contribution in [0.1, 0.15) is 28.8 Å². The number of nitrogens with zero attached hydrogens (tertiary/aromatic N) is 5. The predicted octanol–water partition coefficient (Wildman–Crippen LogP) is 4.87. The van der Waals surface area contributed by atoms with Crippen LogP contribution < -0.4 is 5.32 Å². The number of hydrogen-bond acceptors (Lipinski definition) is 7. The van der Waals surface area contributed by atoms with Crippen molar-refractivity contribution in [1.29, 1.82) is 0 Å². The minimum Gasteiger partial charge on any atom is -0.351 e. The fraction of sp³-hybridized carbons (Fsp3) is 0.190. The monoisotopic (exact) mass is 470 g/mol. The molecule has 0 fully saturated rings. The molecule has 7 nitrogen and oxygen atoms in total. The van der Waals surface area contributed by atoms with Gasteiger partial charge in [0.15, 0.2) is 11.0 Å². The molecule has 0 aliphatic heterocycles. The average Bonchev–Trinajstić information content (AvgIpc) is 3.44. The Kier molecular flexibility index (Phi) is 6.96. The van der Waals surface area contributed by atoms with Gasteiger partial charge in [-0.05, 0) is 30.7 Å². The summed E-state index contributed by atoms with van der Waals surface area (Å²) in [5.41, 5.74) is 2.12. The van der Waals surface area contributed by atoms with Crippen molar-refractivity contribution in [1.82, 2.24) is 30.0 Å². The number of rotatable bonds is 8. The maximum atomic E-state index is 12.1. The summed E-state index contributed by atoms with van der Waals surface area (Å²) in [7, 11) is 0. The van der Waals surface area contributed by atoms with Crippen molar-refractivity contribution in [3.05, 3.63) is 69.9 Å². The number of thiazole rings is 1. The number of thioether (sulfide) groups is 1. The summed E-state index contributed by atoms with van der Waals surface area (Å²) in [6.07, 6.45) is 4.32. The van der Waals surface area contributed by atoms with Gasteiger partial charge in [-0.2, -0.15) is 0 Å². The molecule has 158 valence electrons. The maximum Gasteiger partial charge on any atom is 0.270 e. The third kappa shape index (κ3) is 4.95. The van der Waals surface area contributed by atoms with Gasteiger partial charge < -0.3 is 5.32 Å². The molecular weight excluding hydrogens is 452 g/mol. The molecule has 0 radical (unpaired) electrons. The fourth-order valence-corrected chi connectivity index (χ4v) is 4.80. The van der Waals surface area contributed by atoms with Gasteiger partial charge in [0.1, 0.15) is 10.7 Å². The van der Waals surface area contributed by atoms with E-state index in [0.717, 1.165) is 22.7 Å². The lowest BCUT2D eigenvalue weighted by atomic mass is 10.2. The highest BCUT2D eigenvalue weighted by molar-refractivity contribution is 7.98. The molecule has 0 spiro atoms. The Balaban J connectivity index is 1.61. The Labute approximate surface area is 192 Å². The topological polar surface area (TPSA) is 85.6 Å². The van der Waals surface area contributed by atoms with Crippen molar-refractivity contribution < 1.29 is 4.79 Å². The van der Waals surface area contributed by atoms with Gasteiger partial charge in [0, 0.05) is 29.9 Å². The van der Waals surface area contributed by atoms with E-state index in [0.29, 0.717) is 34.0 Å². The molecule has 4 aromatic rings. The molecular formula is C21H19ClN6OS2. The summed E-state index contributed by atoms with van der Waals surface area (Å²) >= 11 is 9.44. The number of pyridine rings is 1. The second kappa shape index (κ2) is 10.0. The van der Waals surface area contributed by atoms with Crippen LogP contribution in [0.15, 0.2) is 59.3 Å². The van der Waals surface area contributed by atoms with Crippen LogP contribution in [0.25, 0.3) is 17.1 Å². The lowest BCUT2D eigenvalue weighted by molar-refractivity contribution is 0.0949. The van der Waals surface area contributed by atoms with Gasteiger partial charge in [-0.25, -0.2) is 4.98 Å².